The van der Waals surface area contributed by atoms with Crippen molar-refractivity contribution in [3.05, 3.63) is 70.8 Å². The molecule has 0 atom stereocenters. The van der Waals surface area contributed by atoms with Crippen LogP contribution < -0.4 is 5.32 Å². The topological polar surface area (TPSA) is 49.4 Å². The standard InChI is InChI=1S/C19H17ClF2N2O2/c1-2-24(18(26)11-8-13-6-9-14(20)10-7-13)12-17(25)23-19-15(21)4-3-5-16(19)22/h3-11H,2,12H2,1H3,(H,23,25)/b11-8+. The van der Waals surface area contributed by atoms with E-state index in [2.05, 4.69) is 5.32 Å². The average Bonchev–Trinajstić information content (AvgIpc) is 2.62. The molecule has 2 amide bonds. The third-order valence-electron chi connectivity index (χ3n) is 3.54. The molecule has 0 fully saturated rings. The predicted octanol–water partition coefficient (Wildman–Crippen LogP) is 4.12. The van der Waals surface area contributed by atoms with Gasteiger partial charge in [-0.1, -0.05) is 29.8 Å². The highest BCUT2D eigenvalue weighted by Gasteiger charge is 2.16. The molecule has 0 spiro atoms. The fourth-order valence-corrected chi connectivity index (χ4v) is 2.29. The van der Waals surface area contributed by atoms with E-state index in [1.54, 1.807) is 37.3 Å². The molecule has 0 bridgehead atoms. The summed E-state index contributed by atoms with van der Waals surface area (Å²) in [5.41, 5.74) is 0.245. The van der Waals surface area contributed by atoms with Gasteiger partial charge in [0.15, 0.2) is 0 Å². The Kier molecular flexibility index (Phi) is 6.86. The molecule has 0 saturated heterocycles. The maximum Gasteiger partial charge on any atom is 0.247 e. The van der Waals surface area contributed by atoms with Crippen LogP contribution in [-0.4, -0.2) is 29.8 Å². The number of nitrogens with one attached hydrogen (secondary N) is 1. The molecular weight excluding hydrogens is 362 g/mol. The second kappa shape index (κ2) is 9.10. The van der Waals surface area contributed by atoms with Crippen LogP contribution in [0.15, 0.2) is 48.5 Å². The van der Waals surface area contributed by atoms with Crippen molar-refractivity contribution in [1.82, 2.24) is 4.90 Å². The summed E-state index contributed by atoms with van der Waals surface area (Å²) in [5, 5.41) is 2.74. The minimum atomic E-state index is -0.879. The summed E-state index contributed by atoms with van der Waals surface area (Å²) >= 11 is 5.80. The number of carbonyl (C=O) groups excluding carboxylic acids is 2. The molecule has 2 aromatic carbocycles. The van der Waals surface area contributed by atoms with Crippen LogP contribution in [0, 0.1) is 11.6 Å². The zero-order valence-corrected chi connectivity index (χ0v) is 14.8. The highest BCUT2D eigenvalue weighted by Crippen LogP contribution is 2.18. The number of hydrogen-bond acceptors (Lipinski definition) is 2. The van der Waals surface area contributed by atoms with Crippen LogP contribution in [0.1, 0.15) is 12.5 Å². The van der Waals surface area contributed by atoms with Gasteiger partial charge in [-0.3, -0.25) is 9.59 Å². The lowest BCUT2D eigenvalue weighted by Crippen LogP contribution is -2.37. The lowest BCUT2D eigenvalue weighted by molar-refractivity contribution is -0.130. The van der Waals surface area contributed by atoms with Crippen LogP contribution in [0.2, 0.25) is 5.02 Å². The van der Waals surface area contributed by atoms with Crippen molar-refractivity contribution in [2.45, 2.75) is 6.92 Å². The maximum absolute atomic E-state index is 13.6. The quantitative estimate of drug-likeness (QED) is 0.769. The van der Waals surface area contributed by atoms with Gasteiger partial charge in [0.1, 0.15) is 23.9 Å². The Morgan fingerprint density at radius 3 is 2.31 bits per heavy atom. The van der Waals surface area contributed by atoms with Crippen molar-refractivity contribution in [3.63, 3.8) is 0 Å². The highest BCUT2D eigenvalue weighted by molar-refractivity contribution is 6.30. The summed E-state index contributed by atoms with van der Waals surface area (Å²) in [7, 11) is 0. The van der Waals surface area contributed by atoms with E-state index in [0.29, 0.717) is 5.02 Å². The zero-order valence-electron chi connectivity index (χ0n) is 14.0. The van der Waals surface area contributed by atoms with Crippen LogP contribution >= 0.6 is 11.6 Å². The average molecular weight is 379 g/mol. The van der Waals surface area contributed by atoms with Crippen molar-refractivity contribution in [3.8, 4) is 0 Å². The Balaban J connectivity index is 2.00. The molecule has 1 N–H and O–H groups in total. The largest absolute Gasteiger partial charge is 0.330 e. The van der Waals surface area contributed by atoms with Crippen molar-refractivity contribution in [1.29, 1.82) is 0 Å². The van der Waals surface area contributed by atoms with Gasteiger partial charge in [0.25, 0.3) is 0 Å². The number of benzene rings is 2. The van der Waals surface area contributed by atoms with E-state index in [0.717, 1.165) is 17.7 Å². The Bertz CT molecular complexity index is 803. The van der Waals surface area contributed by atoms with Gasteiger partial charge in [-0.25, -0.2) is 8.78 Å². The summed E-state index contributed by atoms with van der Waals surface area (Å²) in [4.78, 5) is 25.5. The third kappa shape index (κ3) is 5.39. The maximum atomic E-state index is 13.6. The van der Waals surface area contributed by atoms with Crippen molar-refractivity contribution >= 4 is 35.2 Å². The van der Waals surface area contributed by atoms with Crippen molar-refractivity contribution in [2.24, 2.45) is 0 Å². The lowest BCUT2D eigenvalue weighted by atomic mass is 10.2. The molecule has 0 heterocycles. The summed E-state index contributed by atoms with van der Waals surface area (Å²) in [6, 6.07) is 10.2. The second-order valence-electron chi connectivity index (χ2n) is 5.38. The molecular formula is C19H17ClF2N2O2. The summed E-state index contributed by atoms with van der Waals surface area (Å²) in [6.07, 6.45) is 2.92. The SMILES string of the molecule is CCN(CC(=O)Nc1c(F)cccc1F)C(=O)/C=C/c1ccc(Cl)cc1. The molecule has 4 nitrogen and oxygen atoms in total. The number of anilines is 1. The number of nitrogens with zero attached hydrogens (tertiary/aromatic N) is 1. The number of rotatable bonds is 6. The zero-order chi connectivity index (χ0) is 19.1. The normalized spacial score (nSPS) is 10.8. The van der Waals surface area contributed by atoms with E-state index < -0.39 is 29.1 Å². The molecule has 0 aliphatic carbocycles. The Hall–Kier alpha value is -2.73. The number of hydrogen-bond donors (Lipinski definition) is 1. The van der Waals surface area contributed by atoms with E-state index >= 15 is 0 Å². The molecule has 0 aliphatic rings. The van der Waals surface area contributed by atoms with Gasteiger partial charge in [0.2, 0.25) is 11.8 Å². The molecule has 26 heavy (non-hydrogen) atoms. The van der Waals surface area contributed by atoms with Gasteiger partial charge in [-0.2, -0.15) is 0 Å². The summed E-state index contributed by atoms with van der Waals surface area (Å²) in [5.74, 6) is -2.85. The van der Waals surface area contributed by atoms with Crippen LogP contribution in [-0.2, 0) is 9.59 Å². The van der Waals surface area contributed by atoms with E-state index in [1.165, 1.54) is 17.0 Å². The van der Waals surface area contributed by atoms with Crippen LogP contribution in [0.4, 0.5) is 14.5 Å². The second-order valence-corrected chi connectivity index (χ2v) is 5.82. The van der Waals surface area contributed by atoms with E-state index in [1.807, 2.05) is 0 Å². The number of para-hydroxylation sites is 1. The Morgan fingerprint density at radius 1 is 1.12 bits per heavy atom. The van der Waals surface area contributed by atoms with Gasteiger partial charge in [0.05, 0.1) is 0 Å². The van der Waals surface area contributed by atoms with Gasteiger partial charge < -0.3 is 10.2 Å². The van der Waals surface area contributed by atoms with Gasteiger partial charge >= 0.3 is 0 Å². The van der Waals surface area contributed by atoms with E-state index in [9.17, 15) is 18.4 Å². The van der Waals surface area contributed by atoms with Crippen molar-refractivity contribution in [2.75, 3.05) is 18.4 Å². The molecule has 2 aromatic rings. The van der Waals surface area contributed by atoms with E-state index in [4.69, 9.17) is 11.6 Å². The Labute approximate surface area is 155 Å². The number of amides is 2. The van der Waals surface area contributed by atoms with Gasteiger partial charge in [-0.05, 0) is 42.8 Å². The smallest absolute Gasteiger partial charge is 0.247 e. The molecule has 0 unspecified atom stereocenters. The number of likely N-dealkylation sites (N-methyl/N-ethyl adjacent to an activating group) is 1. The minimum Gasteiger partial charge on any atom is -0.330 e. The molecule has 136 valence electrons. The molecule has 0 aliphatic heterocycles. The molecule has 2 rings (SSSR count). The first kappa shape index (κ1) is 19.6. The third-order valence-corrected chi connectivity index (χ3v) is 3.80. The molecule has 0 radical (unpaired) electrons. The van der Waals surface area contributed by atoms with Crippen LogP contribution in [0.25, 0.3) is 6.08 Å². The van der Waals surface area contributed by atoms with Crippen LogP contribution in [0.3, 0.4) is 0 Å². The monoisotopic (exact) mass is 378 g/mol. The van der Waals surface area contributed by atoms with Gasteiger partial charge in [-0.15, -0.1) is 0 Å². The molecule has 7 heteroatoms. The summed E-state index contributed by atoms with van der Waals surface area (Å²) in [6.45, 7) is 1.63. The molecule has 0 aromatic heterocycles. The van der Waals surface area contributed by atoms with Crippen LogP contribution in [0.5, 0.6) is 0 Å². The fraction of sp³-hybridized carbons (Fsp3) is 0.158. The summed E-state index contributed by atoms with van der Waals surface area (Å²) < 4.78 is 27.1. The Morgan fingerprint density at radius 2 is 1.73 bits per heavy atom. The molecule has 0 saturated carbocycles. The predicted molar refractivity (Wildman–Crippen MR) is 97.7 cm³/mol. The first-order valence-electron chi connectivity index (χ1n) is 7.87. The fourth-order valence-electron chi connectivity index (χ4n) is 2.16. The van der Waals surface area contributed by atoms with Crippen molar-refractivity contribution < 1.29 is 18.4 Å². The number of halogens is 3. The first-order chi connectivity index (χ1) is 12.4. The highest BCUT2D eigenvalue weighted by atomic mass is 35.5. The lowest BCUT2D eigenvalue weighted by Gasteiger charge is -2.18. The van der Waals surface area contributed by atoms with Gasteiger partial charge in [0, 0.05) is 17.6 Å². The van der Waals surface area contributed by atoms with E-state index in [-0.39, 0.29) is 13.1 Å². The minimum absolute atomic E-state index is 0.261. The first-order valence-corrected chi connectivity index (χ1v) is 8.25. The number of carbonyl (C=O) groups is 2.